The van der Waals surface area contributed by atoms with Gasteiger partial charge in [-0.3, -0.25) is 67.3 Å². The minimum atomic E-state index is -1.64. The van der Waals surface area contributed by atoms with E-state index in [4.69, 9.17) is 40.1 Å². The van der Waals surface area contributed by atoms with Crippen molar-refractivity contribution >= 4 is 94.5 Å². The molecule has 0 bridgehead atoms. The Morgan fingerprint density at radius 2 is 1.01 bits per heavy atom. The third kappa shape index (κ3) is 27.5. The van der Waals surface area contributed by atoms with Gasteiger partial charge in [0.05, 0.1) is 12.6 Å². The highest BCUT2D eigenvalue weighted by Gasteiger charge is 2.42. The second-order valence-corrected chi connectivity index (χ2v) is 25.1. The molecule has 0 aromatic heterocycles. The summed E-state index contributed by atoms with van der Waals surface area (Å²) in [5, 5.41) is 21.1. The number of carbonyl (C=O) groups is 13. The van der Waals surface area contributed by atoms with E-state index < -0.39 is 169 Å². The second kappa shape index (κ2) is 41.0. The molecule has 4 rings (SSSR count). The fourth-order valence-corrected chi connectivity index (χ4v) is 11.5. The first-order valence-corrected chi connectivity index (χ1v) is 33.6. The van der Waals surface area contributed by atoms with Crippen LogP contribution in [0.5, 0.6) is 0 Å². The quantitative estimate of drug-likeness (QED) is 0.0173. The summed E-state index contributed by atoms with van der Waals surface area (Å²) in [6.45, 7) is 3.86. The Balaban J connectivity index is 1.56. The maximum atomic E-state index is 14.7. The largest absolute Gasteiger partial charge is 0.370 e. The lowest BCUT2D eigenvalue weighted by Gasteiger charge is -2.32. The molecule has 13 amide bonds. The lowest BCUT2D eigenvalue weighted by Crippen LogP contribution is -2.60. The van der Waals surface area contributed by atoms with Gasteiger partial charge in [0.25, 0.3) is 0 Å². The Morgan fingerprint density at radius 1 is 0.537 bits per heavy atom. The Hall–Kier alpha value is -8.91. The van der Waals surface area contributed by atoms with Crippen LogP contribution in [0.3, 0.4) is 0 Å². The molecular formula is C63H98N18O13S. The number of rotatable bonds is 42. The van der Waals surface area contributed by atoms with Crippen LogP contribution >= 0.6 is 11.8 Å². The van der Waals surface area contributed by atoms with Crippen molar-refractivity contribution in [1.82, 2.24) is 52.3 Å². The summed E-state index contributed by atoms with van der Waals surface area (Å²) in [6, 6.07) is 4.51. The molecule has 2 aliphatic heterocycles. The third-order valence-corrected chi connectivity index (χ3v) is 16.7. The van der Waals surface area contributed by atoms with Gasteiger partial charge in [-0.05, 0) is 119 Å². The number of nitrogens with one attached hydrogen (secondary N) is 8. The number of thioether (sulfide) groups is 1. The van der Waals surface area contributed by atoms with Crippen molar-refractivity contribution in [3.63, 3.8) is 0 Å². The lowest BCUT2D eigenvalue weighted by molar-refractivity contribution is -0.144. The Morgan fingerprint density at radius 3 is 1.51 bits per heavy atom. The van der Waals surface area contributed by atoms with Crippen molar-refractivity contribution in [3.05, 3.63) is 71.8 Å². The van der Waals surface area contributed by atoms with E-state index in [1.165, 1.54) is 21.6 Å². The molecule has 2 aromatic carbocycles. The van der Waals surface area contributed by atoms with Crippen molar-refractivity contribution in [2.24, 2.45) is 51.0 Å². The van der Waals surface area contributed by atoms with E-state index in [1.807, 2.05) is 20.1 Å². The van der Waals surface area contributed by atoms with Gasteiger partial charge in [0.2, 0.25) is 76.8 Å². The molecule has 32 heteroatoms. The van der Waals surface area contributed by atoms with Crippen LogP contribution in [0.1, 0.15) is 121 Å². The fraction of sp³-hybridized carbons (Fsp3) is 0.587. The molecule has 31 nitrogen and oxygen atoms in total. The van der Waals surface area contributed by atoms with Crippen molar-refractivity contribution in [2.75, 3.05) is 44.7 Å². The molecule has 2 fully saturated rings. The van der Waals surface area contributed by atoms with Gasteiger partial charge in [-0.15, -0.1) is 0 Å². The second-order valence-electron chi connectivity index (χ2n) is 24.1. The number of hydrogen-bond acceptors (Lipinski definition) is 17. The van der Waals surface area contributed by atoms with Gasteiger partial charge in [-0.1, -0.05) is 74.5 Å². The van der Waals surface area contributed by atoms with Crippen LogP contribution in [0.15, 0.2) is 65.7 Å². The highest BCUT2D eigenvalue weighted by molar-refractivity contribution is 7.98. The number of nitrogens with zero attached hydrogens (tertiary/aromatic N) is 3. The molecule has 0 spiro atoms. The zero-order valence-corrected chi connectivity index (χ0v) is 55.3. The molecule has 0 radical (unpaired) electrons. The van der Waals surface area contributed by atoms with Gasteiger partial charge >= 0.3 is 0 Å². The van der Waals surface area contributed by atoms with Crippen LogP contribution in [-0.4, -0.2) is 198 Å². The summed E-state index contributed by atoms with van der Waals surface area (Å²) in [6.07, 6.45) is 3.12. The number of guanidine groups is 1. The minimum Gasteiger partial charge on any atom is -0.370 e. The standard InChI is InChI=1S/C63H98N18O13S/c1-37(2)33-45(57(89)74-41(53(68)85)27-32-95-3)73-52(84)36-72-54(86)46(34-38-15-6-4-7-16-38)78-58(90)47(35-39-17-8-5-9-18-39)79-56(88)42(23-25-50(66)82)75-55(87)43(24-26-51(67)83)76-59(91)49-22-14-31-81(49)62(94)44(20-10-11-28-64)77-60(92)48-21-13-30-80(48)61(93)40(65)19-12-29-71-63(69)70/h4-9,15-18,37,40-49H,10-14,19-36,64-65H2,1-3H3,(H2,66,82)(H2,67,83)(H2,68,85)(H,72,86)(H,73,84)(H,74,89)(H,75,87)(H,76,91)(H,77,92)(H,78,90)(H,79,88)(H4,69,70,71)/t40-,41+,42+,43+,44-,45+,46-,47+,48-,49-/m1/s1. The fourth-order valence-electron chi connectivity index (χ4n) is 11.0. The predicted molar refractivity (Wildman–Crippen MR) is 356 cm³/mol. The van der Waals surface area contributed by atoms with Gasteiger partial charge < -0.3 is 92.5 Å². The zero-order valence-electron chi connectivity index (χ0n) is 54.5. The number of likely N-dealkylation sites (tertiary alicyclic amines) is 2. The van der Waals surface area contributed by atoms with Crippen LogP contribution in [0, 0.1) is 5.92 Å². The number of carbonyl (C=O) groups excluding carboxylic acids is 13. The summed E-state index contributed by atoms with van der Waals surface area (Å²) in [7, 11) is 0. The monoisotopic (exact) mass is 1350 g/mol. The van der Waals surface area contributed by atoms with Crippen molar-refractivity contribution in [2.45, 2.75) is 183 Å². The molecule has 0 saturated carbocycles. The molecule has 2 saturated heterocycles. The number of hydrogen-bond donors (Lipinski definition) is 15. The van der Waals surface area contributed by atoms with Crippen molar-refractivity contribution in [3.8, 4) is 0 Å². The van der Waals surface area contributed by atoms with E-state index in [-0.39, 0.29) is 83.0 Å². The maximum absolute atomic E-state index is 14.7. The van der Waals surface area contributed by atoms with Crippen LogP contribution in [0.2, 0.25) is 0 Å². The molecule has 2 aromatic rings. The zero-order chi connectivity index (χ0) is 70.1. The molecule has 0 unspecified atom stereocenters. The molecule has 524 valence electrons. The summed E-state index contributed by atoms with van der Waals surface area (Å²) in [5.74, 6) is -9.80. The maximum Gasteiger partial charge on any atom is 0.245 e. The topological polar surface area (TPSA) is 519 Å². The van der Waals surface area contributed by atoms with Gasteiger partial charge in [-0.25, -0.2) is 0 Å². The molecule has 95 heavy (non-hydrogen) atoms. The highest BCUT2D eigenvalue weighted by atomic mass is 32.2. The van der Waals surface area contributed by atoms with E-state index in [0.717, 1.165) is 0 Å². The summed E-state index contributed by atoms with van der Waals surface area (Å²) < 4.78 is 0. The molecular weight excluding hydrogens is 1250 g/mol. The molecule has 0 aliphatic carbocycles. The Kier molecular flexibility index (Phi) is 33.9. The average molecular weight is 1350 g/mol. The number of primary amides is 3. The lowest BCUT2D eigenvalue weighted by atomic mass is 10.0. The summed E-state index contributed by atoms with van der Waals surface area (Å²) in [5.41, 5.74) is 40.6. The van der Waals surface area contributed by atoms with Gasteiger partial charge in [0.1, 0.15) is 54.4 Å². The van der Waals surface area contributed by atoms with Gasteiger partial charge in [0.15, 0.2) is 5.96 Å². The van der Waals surface area contributed by atoms with E-state index in [0.29, 0.717) is 55.4 Å². The first-order valence-electron chi connectivity index (χ1n) is 32.2. The smallest absolute Gasteiger partial charge is 0.245 e. The highest BCUT2D eigenvalue weighted by Crippen LogP contribution is 2.24. The third-order valence-electron chi connectivity index (χ3n) is 16.0. The van der Waals surface area contributed by atoms with E-state index in [9.17, 15) is 62.3 Å². The first kappa shape index (κ1) is 78.5. The normalized spacial score (nSPS) is 16.8. The molecule has 2 aliphatic rings. The minimum absolute atomic E-state index is 0.0736. The predicted octanol–water partition coefficient (Wildman–Crippen LogP) is -3.71. The van der Waals surface area contributed by atoms with E-state index in [2.05, 4.69) is 47.5 Å². The molecule has 2 heterocycles. The SMILES string of the molecule is CSCC[C@H](NC(=O)[C@H](CC(C)C)NC(=O)CNC(=O)[C@@H](Cc1ccccc1)NC(=O)[C@H](Cc1ccccc1)NC(=O)[C@H](CCC(N)=O)NC(=O)[C@H](CCC(N)=O)NC(=O)[C@H]1CCCN1C(=O)[C@@H](CCCCN)NC(=O)[C@H]1CCCN1C(=O)[C@H](N)CCCN=C(N)N)C(N)=O. The van der Waals surface area contributed by atoms with Crippen molar-refractivity contribution in [1.29, 1.82) is 0 Å². The average Bonchev–Trinajstić information content (AvgIpc) is 1.74. The number of benzene rings is 2. The first-order chi connectivity index (χ1) is 45.2. The van der Waals surface area contributed by atoms with Gasteiger partial charge in [-0.2, -0.15) is 11.8 Å². The Bertz CT molecular complexity index is 2960. The van der Waals surface area contributed by atoms with E-state index >= 15 is 0 Å². The van der Waals surface area contributed by atoms with Crippen LogP contribution < -0.4 is 82.7 Å². The van der Waals surface area contributed by atoms with Crippen LogP contribution in [0.4, 0.5) is 0 Å². The number of unbranched alkanes of at least 4 members (excludes halogenated alkanes) is 1. The number of nitrogens with two attached hydrogens (primary N) is 7. The summed E-state index contributed by atoms with van der Waals surface area (Å²) >= 11 is 1.45. The van der Waals surface area contributed by atoms with Gasteiger partial charge in [0, 0.05) is 45.3 Å². The van der Waals surface area contributed by atoms with Crippen molar-refractivity contribution < 1.29 is 62.3 Å². The van der Waals surface area contributed by atoms with Crippen LogP contribution in [0.25, 0.3) is 0 Å². The molecule has 10 atom stereocenters. The van der Waals surface area contributed by atoms with Crippen LogP contribution in [-0.2, 0) is 75.2 Å². The Labute approximate surface area is 558 Å². The number of aliphatic imine (C=N–C) groups is 1. The van der Waals surface area contributed by atoms with E-state index in [1.54, 1.807) is 60.7 Å². The number of amides is 13. The summed E-state index contributed by atoms with van der Waals surface area (Å²) in [4.78, 5) is 185. The molecule has 22 N–H and O–H groups in total.